The topological polar surface area (TPSA) is 72.2 Å². The van der Waals surface area contributed by atoms with Gasteiger partial charge < -0.3 is 5.32 Å². The third-order valence-corrected chi connectivity index (χ3v) is 3.94. The van der Waals surface area contributed by atoms with E-state index in [0.717, 1.165) is 18.2 Å². The number of nitrogens with one attached hydrogen (secondary N) is 1. The summed E-state index contributed by atoms with van der Waals surface area (Å²) in [6.07, 6.45) is 0. The molecule has 0 heterocycles. The quantitative estimate of drug-likeness (QED) is 0.912. The first kappa shape index (κ1) is 15.4. The SMILES string of the molecule is CC(Nc1cc(F)ccc1F)c1ccc(S(N)(=O)=O)cc1. The lowest BCUT2D eigenvalue weighted by Gasteiger charge is -2.16. The molecule has 2 aromatic rings. The molecule has 0 saturated heterocycles. The van der Waals surface area contributed by atoms with Crippen molar-refractivity contribution in [1.29, 1.82) is 0 Å². The molecule has 1 unspecified atom stereocenters. The molecule has 0 aliphatic heterocycles. The van der Waals surface area contributed by atoms with Crippen molar-refractivity contribution < 1.29 is 17.2 Å². The van der Waals surface area contributed by atoms with Crippen molar-refractivity contribution in [2.75, 3.05) is 5.32 Å². The van der Waals surface area contributed by atoms with Gasteiger partial charge in [0.05, 0.1) is 10.6 Å². The molecule has 0 bridgehead atoms. The Hall–Kier alpha value is -1.99. The minimum atomic E-state index is -3.75. The lowest BCUT2D eigenvalue weighted by molar-refractivity contribution is 0.597. The van der Waals surface area contributed by atoms with Crippen LogP contribution in [0.1, 0.15) is 18.5 Å². The zero-order valence-corrected chi connectivity index (χ0v) is 12.0. The van der Waals surface area contributed by atoms with Gasteiger partial charge in [0.1, 0.15) is 11.6 Å². The van der Waals surface area contributed by atoms with Crippen molar-refractivity contribution in [1.82, 2.24) is 0 Å². The second-order valence-electron chi connectivity index (χ2n) is 4.60. The van der Waals surface area contributed by atoms with E-state index in [4.69, 9.17) is 5.14 Å². The number of anilines is 1. The smallest absolute Gasteiger partial charge is 0.238 e. The van der Waals surface area contributed by atoms with Gasteiger partial charge in [-0.15, -0.1) is 0 Å². The first-order valence-corrected chi connectivity index (χ1v) is 7.66. The Balaban J connectivity index is 2.20. The van der Waals surface area contributed by atoms with Crippen LogP contribution in [-0.4, -0.2) is 8.42 Å². The number of primary sulfonamides is 1. The normalized spacial score (nSPS) is 13.0. The summed E-state index contributed by atoms with van der Waals surface area (Å²) in [6, 6.07) is 8.65. The van der Waals surface area contributed by atoms with E-state index in [0.29, 0.717) is 5.56 Å². The molecule has 2 aromatic carbocycles. The van der Waals surface area contributed by atoms with Crippen LogP contribution in [0.25, 0.3) is 0 Å². The second kappa shape index (κ2) is 5.79. The van der Waals surface area contributed by atoms with Crippen LogP contribution >= 0.6 is 0 Å². The van der Waals surface area contributed by atoms with Gasteiger partial charge in [-0.05, 0) is 42.8 Å². The molecule has 21 heavy (non-hydrogen) atoms. The summed E-state index contributed by atoms with van der Waals surface area (Å²) in [5.41, 5.74) is 0.754. The second-order valence-corrected chi connectivity index (χ2v) is 6.17. The van der Waals surface area contributed by atoms with E-state index in [2.05, 4.69) is 5.32 Å². The summed E-state index contributed by atoms with van der Waals surface area (Å²) in [4.78, 5) is -0.00427. The first-order valence-electron chi connectivity index (χ1n) is 6.12. The Labute approximate surface area is 121 Å². The number of hydrogen-bond donors (Lipinski definition) is 2. The molecule has 2 rings (SSSR count). The monoisotopic (exact) mass is 312 g/mol. The minimum Gasteiger partial charge on any atom is -0.376 e. The summed E-state index contributed by atoms with van der Waals surface area (Å²) >= 11 is 0. The van der Waals surface area contributed by atoms with E-state index in [1.54, 1.807) is 19.1 Å². The van der Waals surface area contributed by atoms with Crippen molar-refractivity contribution >= 4 is 15.7 Å². The molecule has 0 saturated carbocycles. The van der Waals surface area contributed by atoms with E-state index in [-0.39, 0.29) is 16.6 Å². The van der Waals surface area contributed by atoms with Gasteiger partial charge in [-0.25, -0.2) is 22.3 Å². The maximum absolute atomic E-state index is 13.5. The zero-order valence-electron chi connectivity index (χ0n) is 11.2. The Bertz CT molecular complexity index is 746. The van der Waals surface area contributed by atoms with E-state index >= 15 is 0 Å². The molecule has 0 aromatic heterocycles. The zero-order chi connectivity index (χ0) is 15.6. The number of benzene rings is 2. The van der Waals surface area contributed by atoms with Gasteiger partial charge in [0.2, 0.25) is 10.0 Å². The van der Waals surface area contributed by atoms with Gasteiger partial charge in [-0.2, -0.15) is 0 Å². The fourth-order valence-corrected chi connectivity index (χ4v) is 2.39. The van der Waals surface area contributed by atoms with E-state index in [1.807, 2.05) is 0 Å². The molecule has 1 atom stereocenters. The third-order valence-electron chi connectivity index (χ3n) is 3.01. The Morgan fingerprint density at radius 2 is 1.71 bits per heavy atom. The van der Waals surface area contributed by atoms with Crippen molar-refractivity contribution in [3.8, 4) is 0 Å². The van der Waals surface area contributed by atoms with Crippen LogP contribution < -0.4 is 10.5 Å². The number of hydrogen-bond acceptors (Lipinski definition) is 3. The lowest BCUT2D eigenvalue weighted by Crippen LogP contribution is -2.13. The fourth-order valence-electron chi connectivity index (χ4n) is 1.87. The summed E-state index contributed by atoms with van der Waals surface area (Å²) in [5.74, 6) is -1.11. The highest BCUT2D eigenvalue weighted by Crippen LogP contribution is 2.23. The van der Waals surface area contributed by atoms with Gasteiger partial charge in [-0.1, -0.05) is 12.1 Å². The van der Waals surface area contributed by atoms with Crippen LogP contribution in [0.5, 0.6) is 0 Å². The minimum absolute atomic E-state index is 0.00427. The molecule has 0 aliphatic rings. The van der Waals surface area contributed by atoms with Crippen LogP contribution in [0, 0.1) is 11.6 Å². The summed E-state index contributed by atoms with van der Waals surface area (Å²) in [5, 5.41) is 7.84. The van der Waals surface area contributed by atoms with E-state index in [1.165, 1.54) is 12.1 Å². The molecular weight excluding hydrogens is 298 g/mol. The van der Waals surface area contributed by atoms with Crippen molar-refractivity contribution in [2.24, 2.45) is 5.14 Å². The summed E-state index contributed by atoms with van der Waals surface area (Å²) in [7, 11) is -3.75. The number of sulfonamides is 1. The van der Waals surface area contributed by atoms with Crippen molar-refractivity contribution in [2.45, 2.75) is 17.9 Å². The van der Waals surface area contributed by atoms with Crippen LogP contribution in [-0.2, 0) is 10.0 Å². The molecule has 4 nitrogen and oxygen atoms in total. The predicted molar refractivity (Wildman–Crippen MR) is 76.2 cm³/mol. The molecular formula is C14H14F2N2O2S. The van der Waals surface area contributed by atoms with Crippen LogP contribution in [0.15, 0.2) is 47.4 Å². The number of halogens is 2. The average molecular weight is 312 g/mol. The summed E-state index contributed by atoms with van der Waals surface area (Å²) in [6.45, 7) is 1.75. The Morgan fingerprint density at radius 3 is 2.29 bits per heavy atom. The first-order chi connectivity index (χ1) is 9.77. The van der Waals surface area contributed by atoms with Crippen LogP contribution in [0.4, 0.5) is 14.5 Å². The van der Waals surface area contributed by atoms with Gasteiger partial charge in [0, 0.05) is 6.04 Å². The number of nitrogens with two attached hydrogens (primary N) is 1. The third kappa shape index (κ3) is 3.77. The number of rotatable bonds is 4. The lowest BCUT2D eigenvalue weighted by atomic mass is 10.1. The molecule has 112 valence electrons. The van der Waals surface area contributed by atoms with Crippen LogP contribution in [0.2, 0.25) is 0 Å². The molecule has 0 aliphatic carbocycles. The predicted octanol–water partition coefficient (Wildman–Crippen LogP) is 2.79. The largest absolute Gasteiger partial charge is 0.376 e. The highest BCUT2D eigenvalue weighted by Gasteiger charge is 2.12. The van der Waals surface area contributed by atoms with Crippen molar-refractivity contribution in [3.05, 3.63) is 59.7 Å². The molecule has 0 fully saturated rings. The maximum Gasteiger partial charge on any atom is 0.238 e. The fraction of sp³-hybridized carbons (Fsp3) is 0.143. The van der Waals surface area contributed by atoms with Gasteiger partial charge in [0.15, 0.2) is 0 Å². The van der Waals surface area contributed by atoms with Gasteiger partial charge >= 0.3 is 0 Å². The Kier molecular flexibility index (Phi) is 4.24. The highest BCUT2D eigenvalue weighted by atomic mass is 32.2. The molecule has 0 spiro atoms. The van der Waals surface area contributed by atoms with E-state index < -0.39 is 21.7 Å². The average Bonchev–Trinajstić information content (AvgIpc) is 2.42. The summed E-state index contributed by atoms with van der Waals surface area (Å²) < 4.78 is 49.0. The van der Waals surface area contributed by atoms with Gasteiger partial charge in [-0.3, -0.25) is 0 Å². The molecule has 0 amide bonds. The van der Waals surface area contributed by atoms with E-state index in [9.17, 15) is 17.2 Å². The van der Waals surface area contributed by atoms with Gasteiger partial charge in [0.25, 0.3) is 0 Å². The highest BCUT2D eigenvalue weighted by molar-refractivity contribution is 7.89. The van der Waals surface area contributed by atoms with Crippen molar-refractivity contribution in [3.63, 3.8) is 0 Å². The molecule has 3 N–H and O–H groups in total. The molecule has 7 heteroatoms. The molecule has 0 radical (unpaired) electrons. The Morgan fingerprint density at radius 1 is 1.10 bits per heavy atom. The standard InChI is InChI=1S/C14H14F2N2O2S/c1-9(18-14-8-11(15)4-7-13(14)16)10-2-5-12(6-3-10)21(17,19)20/h2-9,18H,1H3,(H2,17,19,20). The van der Waals surface area contributed by atoms with Crippen LogP contribution in [0.3, 0.4) is 0 Å². The maximum atomic E-state index is 13.5.